The summed E-state index contributed by atoms with van der Waals surface area (Å²) in [6.07, 6.45) is 4.56. The lowest BCUT2D eigenvalue weighted by Crippen LogP contribution is -2.55. The molecule has 1 aliphatic rings. The highest BCUT2D eigenvalue weighted by Gasteiger charge is 2.52. The summed E-state index contributed by atoms with van der Waals surface area (Å²) in [4.78, 5) is 0. The van der Waals surface area contributed by atoms with Gasteiger partial charge in [0.15, 0.2) is 0 Å². The molecule has 1 unspecified atom stereocenters. The largest absolute Gasteiger partial charge is 0.389 e. The number of rotatable bonds is 0. The van der Waals surface area contributed by atoms with Gasteiger partial charge < -0.3 is 5.11 Å². The third kappa shape index (κ3) is 1.63. The topological polar surface area (TPSA) is 20.2 Å². The van der Waals surface area contributed by atoms with Crippen molar-refractivity contribution in [2.24, 2.45) is 10.8 Å². The monoisotopic (exact) mass is 184 g/mol. The van der Waals surface area contributed by atoms with Gasteiger partial charge in [0.2, 0.25) is 0 Å². The average Bonchev–Trinajstić information content (AvgIpc) is 1.93. The van der Waals surface area contributed by atoms with Gasteiger partial charge in [0.1, 0.15) is 0 Å². The molecule has 0 aliphatic heterocycles. The molecule has 0 bridgehead atoms. The normalized spacial score (nSPS) is 34.6. The second-order valence-corrected chi connectivity index (χ2v) is 6.20. The minimum atomic E-state index is -0.488. The molecule has 0 heterocycles. The van der Waals surface area contributed by atoms with Crippen LogP contribution in [0.4, 0.5) is 0 Å². The fourth-order valence-corrected chi connectivity index (χ4v) is 2.88. The molecule has 0 saturated heterocycles. The molecule has 1 aliphatic carbocycles. The van der Waals surface area contributed by atoms with Crippen LogP contribution in [0.15, 0.2) is 0 Å². The quantitative estimate of drug-likeness (QED) is 0.612. The standard InChI is InChI=1S/C12H24O/c1-10(2,3)12(13)9-7-6-8-11(12,4)5/h13H,6-9H2,1-5H3. The van der Waals surface area contributed by atoms with Crippen LogP contribution in [0.5, 0.6) is 0 Å². The minimum absolute atomic E-state index is 0.00306. The van der Waals surface area contributed by atoms with E-state index in [9.17, 15) is 5.11 Å². The second-order valence-electron chi connectivity index (χ2n) is 6.20. The molecule has 1 rings (SSSR count). The van der Waals surface area contributed by atoms with Gasteiger partial charge in [0.05, 0.1) is 5.60 Å². The highest BCUT2D eigenvalue weighted by atomic mass is 16.3. The lowest BCUT2D eigenvalue weighted by atomic mass is 9.56. The van der Waals surface area contributed by atoms with E-state index in [1.54, 1.807) is 0 Å². The van der Waals surface area contributed by atoms with E-state index in [-0.39, 0.29) is 10.8 Å². The van der Waals surface area contributed by atoms with Gasteiger partial charge >= 0.3 is 0 Å². The van der Waals surface area contributed by atoms with Crippen molar-refractivity contribution >= 4 is 0 Å². The lowest BCUT2D eigenvalue weighted by Gasteiger charge is -2.54. The van der Waals surface area contributed by atoms with E-state index in [1.165, 1.54) is 12.8 Å². The summed E-state index contributed by atoms with van der Waals surface area (Å²) >= 11 is 0. The van der Waals surface area contributed by atoms with Gasteiger partial charge in [-0.25, -0.2) is 0 Å². The van der Waals surface area contributed by atoms with Crippen LogP contribution in [0.1, 0.15) is 60.3 Å². The first kappa shape index (κ1) is 11.0. The highest BCUT2D eigenvalue weighted by molar-refractivity contribution is 5.03. The summed E-state index contributed by atoms with van der Waals surface area (Å²) in [7, 11) is 0. The van der Waals surface area contributed by atoms with Crippen LogP contribution in [0, 0.1) is 10.8 Å². The van der Waals surface area contributed by atoms with Crippen LogP contribution in [0.2, 0.25) is 0 Å². The summed E-state index contributed by atoms with van der Waals surface area (Å²) < 4.78 is 0. The second kappa shape index (κ2) is 2.98. The maximum Gasteiger partial charge on any atom is 0.0746 e. The molecule has 0 aromatic carbocycles. The zero-order chi connectivity index (χ0) is 10.3. The Morgan fingerprint density at radius 3 is 1.77 bits per heavy atom. The zero-order valence-corrected chi connectivity index (χ0v) is 9.78. The van der Waals surface area contributed by atoms with Crippen LogP contribution >= 0.6 is 0 Å². The summed E-state index contributed by atoms with van der Waals surface area (Å²) in [6, 6.07) is 0. The van der Waals surface area contributed by atoms with E-state index >= 15 is 0 Å². The smallest absolute Gasteiger partial charge is 0.0746 e. The number of hydrogen-bond acceptors (Lipinski definition) is 1. The molecule has 1 N–H and O–H groups in total. The van der Waals surface area contributed by atoms with Crippen molar-refractivity contribution in [3.05, 3.63) is 0 Å². The maximum absolute atomic E-state index is 10.7. The van der Waals surface area contributed by atoms with Crippen LogP contribution in [0.3, 0.4) is 0 Å². The molecule has 78 valence electrons. The fourth-order valence-electron chi connectivity index (χ4n) is 2.88. The van der Waals surface area contributed by atoms with E-state index in [1.807, 2.05) is 0 Å². The SMILES string of the molecule is CC(C)(C)C1(O)CCCCC1(C)C. The molecule has 1 atom stereocenters. The first-order valence-corrected chi connectivity index (χ1v) is 5.43. The third-order valence-corrected chi connectivity index (χ3v) is 3.95. The molecule has 0 amide bonds. The Balaban J connectivity index is 2.98. The molecule has 0 aromatic rings. The summed E-state index contributed by atoms with van der Waals surface area (Å²) in [6.45, 7) is 10.9. The van der Waals surface area contributed by atoms with Gasteiger partial charge in [0, 0.05) is 0 Å². The Labute approximate surface area is 82.5 Å². The zero-order valence-electron chi connectivity index (χ0n) is 9.78. The molecular formula is C12H24O. The van der Waals surface area contributed by atoms with Crippen molar-refractivity contribution in [1.82, 2.24) is 0 Å². The van der Waals surface area contributed by atoms with Crippen molar-refractivity contribution in [1.29, 1.82) is 0 Å². The molecule has 1 saturated carbocycles. The van der Waals surface area contributed by atoms with Crippen molar-refractivity contribution < 1.29 is 5.11 Å². The van der Waals surface area contributed by atoms with Gasteiger partial charge in [-0.1, -0.05) is 47.5 Å². The van der Waals surface area contributed by atoms with Crippen molar-refractivity contribution in [2.45, 2.75) is 65.9 Å². The Morgan fingerprint density at radius 2 is 1.46 bits per heavy atom. The molecule has 1 nitrogen and oxygen atoms in total. The van der Waals surface area contributed by atoms with E-state index < -0.39 is 5.60 Å². The number of aliphatic hydroxyl groups is 1. The van der Waals surface area contributed by atoms with E-state index in [0.717, 1.165) is 12.8 Å². The summed E-state index contributed by atoms with van der Waals surface area (Å²) in [5, 5.41) is 10.7. The van der Waals surface area contributed by atoms with Gasteiger partial charge in [-0.3, -0.25) is 0 Å². The van der Waals surface area contributed by atoms with Gasteiger partial charge in [-0.05, 0) is 23.7 Å². The summed E-state index contributed by atoms with van der Waals surface area (Å²) in [5.41, 5.74) is -0.418. The molecule has 0 aromatic heterocycles. The molecule has 1 heteroatoms. The predicted molar refractivity (Wildman–Crippen MR) is 56.7 cm³/mol. The molecular weight excluding hydrogens is 160 g/mol. The van der Waals surface area contributed by atoms with E-state index in [0.29, 0.717) is 0 Å². The van der Waals surface area contributed by atoms with Crippen LogP contribution in [0.25, 0.3) is 0 Å². The molecule has 0 radical (unpaired) electrons. The minimum Gasteiger partial charge on any atom is -0.389 e. The van der Waals surface area contributed by atoms with Gasteiger partial charge in [-0.2, -0.15) is 0 Å². The van der Waals surface area contributed by atoms with Gasteiger partial charge in [0.25, 0.3) is 0 Å². The molecule has 0 spiro atoms. The van der Waals surface area contributed by atoms with Gasteiger partial charge in [-0.15, -0.1) is 0 Å². The van der Waals surface area contributed by atoms with Crippen LogP contribution in [-0.4, -0.2) is 10.7 Å². The van der Waals surface area contributed by atoms with E-state index in [2.05, 4.69) is 34.6 Å². The maximum atomic E-state index is 10.7. The average molecular weight is 184 g/mol. The van der Waals surface area contributed by atoms with Crippen LogP contribution < -0.4 is 0 Å². The molecule has 1 fully saturated rings. The Hall–Kier alpha value is -0.0400. The lowest BCUT2D eigenvalue weighted by molar-refractivity contribution is -0.166. The Morgan fingerprint density at radius 1 is 1.00 bits per heavy atom. The van der Waals surface area contributed by atoms with Crippen LogP contribution in [-0.2, 0) is 0 Å². The highest BCUT2D eigenvalue weighted by Crippen LogP contribution is 2.52. The Bertz CT molecular complexity index is 188. The third-order valence-electron chi connectivity index (χ3n) is 3.95. The predicted octanol–water partition coefficient (Wildman–Crippen LogP) is 3.36. The van der Waals surface area contributed by atoms with Crippen molar-refractivity contribution in [3.63, 3.8) is 0 Å². The number of hydrogen-bond donors (Lipinski definition) is 1. The summed E-state index contributed by atoms with van der Waals surface area (Å²) in [5.74, 6) is 0. The van der Waals surface area contributed by atoms with E-state index in [4.69, 9.17) is 0 Å². The van der Waals surface area contributed by atoms with Crippen molar-refractivity contribution in [3.8, 4) is 0 Å². The first-order chi connectivity index (χ1) is 5.71. The first-order valence-electron chi connectivity index (χ1n) is 5.43. The fraction of sp³-hybridized carbons (Fsp3) is 1.00. The molecule has 13 heavy (non-hydrogen) atoms. The van der Waals surface area contributed by atoms with Crippen molar-refractivity contribution in [2.75, 3.05) is 0 Å². The Kier molecular flexibility index (Phi) is 2.53.